The molecule has 1 rings (SSSR count). The van der Waals surface area contributed by atoms with E-state index in [2.05, 4.69) is 10.3 Å². The van der Waals surface area contributed by atoms with Gasteiger partial charge in [-0.25, -0.2) is 4.98 Å². The number of hydrogen-bond donors (Lipinski definition) is 1. The fourth-order valence-electron chi connectivity index (χ4n) is 1.36. The van der Waals surface area contributed by atoms with Gasteiger partial charge in [-0.05, 0) is 18.9 Å². The van der Waals surface area contributed by atoms with Crippen LogP contribution in [0.5, 0.6) is 5.88 Å². The summed E-state index contributed by atoms with van der Waals surface area (Å²) in [6.07, 6.45) is 4.46. The summed E-state index contributed by atoms with van der Waals surface area (Å²) in [6.45, 7) is 4.29. The Labute approximate surface area is 102 Å². The van der Waals surface area contributed by atoms with Crippen molar-refractivity contribution in [2.45, 2.75) is 26.8 Å². The van der Waals surface area contributed by atoms with Crippen molar-refractivity contribution in [3.8, 4) is 5.88 Å². The molecular formula is C13H18N2O2. The molecule has 1 amide bonds. The molecule has 0 aliphatic carbocycles. The predicted octanol–water partition coefficient (Wildman–Crippen LogP) is 2.06. The molecule has 0 saturated carbocycles. The Kier molecular flexibility index (Phi) is 5.20. The van der Waals surface area contributed by atoms with Gasteiger partial charge >= 0.3 is 0 Å². The Hall–Kier alpha value is -1.84. The molecule has 0 bridgehead atoms. The van der Waals surface area contributed by atoms with Crippen LogP contribution in [0, 0.1) is 0 Å². The molecule has 0 radical (unpaired) electrons. The number of rotatable bonds is 5. The van der Waals surface area contributed by atoms with Crippen LogP contribution in [-0.2, 0) is 11.3 Å². The van der Waals surface area contributed by atoms with Crippen molar-refractivity contribution >= 4 is 5.91 Å². The predicted molar refractivity (Wildman–Crippen MR) is 66.7 cm³/mol. The highest BCUT2D eigenvalue weighted by molar-refractivity contribution is 5.92. The molecule has 4 heteroatoms. The number of carbonyl (C=O) groups excluding carboxylic acids is 1. The van der Waals surface area contributed by atoms with Crippen molar-refractivity contribution in [2.24, 2.45) is 0 Å². The summed E-state index contributed by atoms with van der Waals surface area (Å²) in [7, 11) is 1.57. The van der Waals surface area contributed by atoms with Gasteiger partial charge in [0.1, 0.15) is 0 Å². The first-order valence-electron chi connectivity index (χ1n) is 5.61. The lowest BCUT2D eigenvalue weighted by molar-refractivity contribution is -0.117. The van der Waals surface area contributed by atoms with Crippen LogP contribution in [0.25, 0.3) is 0 Å². The van der Waals surface area contributed by atoms with Crippen LogP contribution in [-0.4, -0.2) is 18.0 Å². The summed E-state index contributed by atoms with van der Waals surface area (Å²) in [6, 6.07) is 3.65. The Morgan fingerprint density at radius 3 is 2.82 bits per heavy atom. The largest absolute Gasteiger partial charge is 0.481 e. The number of allylic oxidation sites excluding steroid dienone is 1. The SMILES string of the molecule is CCC=C(C)C(=O)NCc1ccc(OC)nc1. The second kappa shape index (κ2) is 6.68. The third-order valence-corrected chi connectivity index (χ3v) is 2.33. The Balaban J connectivity index is 2.50. The van der Waals surface area contributed by atoms with Gasteiger partial charge in [0.05, 0.1) is 7.11 Å². The maximum Gasteiger partial charge on any atom is 0.246 e. The first kappa shape index (κ1) is 13.2. The molecule has 1 aromatic heterocycles. The van der Waals surface area contributed by atoms with E-state index in [1.54, 1.807) is 19.4 Å². The number of hydrogen-bond acceptors (Lipinski definition) is 3. The monoisotopic (exact) mass is 234 g/mol. The molecule has 0 fully saturated rings. The first-order valence-corrected chi connectivity index (χ1v) is 5.61. The summed E-state index contributed by atoms with van der Waals surface area (Å²) in [4.78, 5) is 15.7. The third-order valence-electron chi connectivity index (χ3n) is 2.33. The normalized spacial score (nSPS) is 11.1. The number of amides is 1. The molecular weight excluding hydrogens is 216 g/mol. The summed E-state index contributed by atoms with van der Waals surface area (Å²) in [5.74, 6) is 0.532. The van der Waals surface area contributed by atoms with Crippen molar-refractivity contribution in [1.82, 2.24) is 10.3 Å². The van der Waals surface area contributed by atoms with Crippen LogP contribution >= 0.6 is 0 Å². The Morgan fingerprint density at radius 1 is 1.53 bits per heavy atom. The number of pyridine rings is 1. The summed E-state index contributed by atoms with van der Waals surface area (Å²) in [5.41, 5.74) is 1.69. The number of aromatic nitrogens is 1. The molecule has 0 aliphatic rings. The summed E-state index contributed by atoms with van der Waals surface area (Å²) in [5, 5.41) is 2.83. The highest BCUT2D eigenvalue weighted by Crippen LogP contribution is 2.06. The highest BCUT2D eigenvalue weighted by atomic mass is 16.5. The van der Waals surface area contributed by atoms with Crippen molar-refractivity contribution in [3.05, 3.63) is 35.5 Å². The maximum atomic E-state index is 11.6. The number of carbonyl (C=O) groups is 1. The third kappa shape index (κ3) is 4.26. The first-order chi connectivity index (χ1) is 8.17. The standard InChI is InChI=1S/C13H18N2O2/c1-4-5-10(2)13(16)15-9-11-6-7-12(17-3)14-8-11/h5-8H,4,9H2,1-3H3,(H,15,16). The molecule has 1 aromatic rings. The zero-order chi connectivity index (χ0) is 12.7. The van der Waals surface area contributed by atoms with Crippen LogP contribution in [0.3, 0.4) is 0 Å². The van der Waals surface area contributed by atoms with Gasteiger partial charge in [-0.1, -0.05) is 19.1 Å². The molecule has 17 heavy (non-hydrogen) atoms. The molecule has 92 valence electrons. The van der Waals surface area contributed by atoms with Gasteiger partial charge in [0.2, 0.25) is 11.8 Å². The number of nitrogens with one attached hydrogen (secondary N) is 1. The van der Waals surface area contributed by atoms with Crippen LogP contribution in [0.4, 0.5) is 0 Å². The molecule has 0 unspecified atom stereocenters. The molecule has 0 aliphatic heterocycles. The van der Waals surface area contributed by atoms with E-state index in [0.717, 1.165) is 17.6 Å². The van der Waals surface area contributed by atoms with Crippen LogP contribution in [0.1, 0.15) is 25.8 Å². The smallest absolute Gasteiger partial charge is 0.246 e. The molecule has 0 spiro atoms. The zero-order valence-electron chi connectivity index (χ0n) is 10.5. The Bertz CT molecular complexity index is 396. The average molecular weight is 234 g/mol. The average Bonchev–Trinajstić information content (AvgIpc) is 2.36. The summed E-state index contributed by atoms with van der Waals surface area (Å²) >= 11 is 0. The minimum atomic E-state index is -0.0392. The van der Waals surface area contributed by atoms with Gasteiger partial charge < -0.3 is 10.1 Å². The van der Waals surface area contributed by atoms with Crippen molar-refractivity contribution < 1.29 is 9.53 Å². The fourth-order valence-corrected chi connectivity index (χ4v) is 1.36. The van der Waals surface area contributed by atoms with E-state index in [0.29, 0.717) is 12.4 Å². The van der Waals surface area contributed by atoms with Crippen LogP contribution in [0.15, 0.2) is 30.0 Å². The van der Waals surface area contributed by atoms with Crippen molar-refractivity contribution in [2.75, 3.05) is 7.11 Å². The van der Waals surface area contributed by atoms with E-state index < -0.39 is 0 Å². The molecule has 0 aromatic carbocycles. The van der Waals surface area contributed by atoms with E-state index in [-0.39, 0.29) is 5.91 Å². The van der Waals surface area contributed by atoms with Gasteiger partial charge in [0, 0.05) is 24.4 Å². The fraction of sp³-hybridized carbons (Fsp3) is 0.385. The van der Waals surface area contributed by atoms with Crippen LogP contribution in [0.2, 0.25) is 0 Å². The van der Waals surface area contributed by atoms with Crippen molar-refractivity contribution in [1.29, 1.82) is 0 Å². The second-order valence-electron chi connectivity index (χ2n) is 3.69. The zero-order valence-corrected chi connectivity index (χ0v) is 10.5. The molecule has 0 saturated heterocycles. The lowest BCUT2D eigenvalue weighted by atomic mass is 10.2. The number of nitrogens with zero attached hydrogens (tertiary/aromatic N) is 1. The lowest BCUT2D eigenvalue weighted by Gasteiger charge is -2.05. The van der Waals surface area contributed by atoms with Gasteiger partial charge in [-0.15, -0.1) is 0 Å². The minimum Gasteiger partial charge on any atom is -0.481 e. The minimum absolute atomic E-state index is 0.0392. The van der Waals surface area contributed by atoms with Gasteiger partial charge in [-0.2, -0.15) is 0 Å². The van der Waals surface area contributed by atoms with Gasteiger partial charge in [0.25, 0.3) is 0 Å². The van der Waals surface area contributed by atoms with Gasteiger partial charge in [-0.3, -0.25) is 4.79 Å². The molecule has 0 atom stereocenters. The lowest BCUT2D eigenvalue weighted by Crippen LogP contribution is -2.23. The maximum absolute atomic E-state index is 11.6. The topological polar surface area (TPSA) is 51.2 Å². The van der Waals surface area contributed by atoms with E-state index in [9.17, 15) is 4.79 Å². The van der Waals surface area contributed by atoms with E-state index >= 15 is 0 Å². The molecule has 4 nitrogen and oxygen atoms in total. The van der Waals surface area contributed by atoms with Gasteiger partial charge in [0.15, 0.2) is 0 Å². The van der Waals surface area contributed by atoms with E-state index in [1.165, 1.54) is 0 Å². The number of methoxy groups -OCH3 is 1. The van der Waals surface area contributed by atoms with E-state index in [1.807, 2.05) is 26.0 Å². The molecule has 1 N–H and O–H groups in total. The second-order valence-corrected chi connectivity index (χ2v) is 3.69. The number of ether oxygens (including phenoxy) is 1. The summed E-state index contributed by atoms with van der Waals surface area (Å²) < 4.78 is 4.96. The Morgan fingerprint density at radius 2 is 2.29 bits per heavy atom. The van der Waals surface area contributed by atoms with Crippen LogP contribution < -0.4 is 10.1 Å². The van der Waals surface area contributed by atoms with Crippen molar-refractivity contribution in [3.63, 3.8) is 0 Å². The van der Waals surface area contributed by atoms with E-state index in [4.69, 9.17) is 4.74 Å². The highest BCUT2D eigenvalue weighted by Gasteiger charge is 2.03. The quantitative estimate of drug-likeness (QED) is 0.793. The molecule has 1 heterocycles.